The SMILES string of the molecule is COc1cc(C)c2c(ccn2C(=O)OC(C)(C)C)c1CN1CC[C@H]2C[C@H]1c1ccc(C(=O)O)cc1OCCCCCCO2. The Labute approximate surface area is 253 Å². The predicted octanol–water partition coefficient (Wildman–Crippen LogP) is 7.11. The minimum atomic E-state index is -0.975. The number of hydrogen-bond acceptors (Lipinski definition) is 7. The third-order valence-corrected chi connectivity index (χ3v) is 8.34. The molecular weight excluding hydrogens is 548 g/mol. The number of benzene rings is 2. The molecule has 232 valence electrons. The lowest BCUT2D eigenvalue weighted by atomic mass is 9.90. The van der Waals surface area contributed by atoms with E-state index in [4.69, 9.17) is 18.9 Å². The fourth-order valence-electron chi connectivity index (χ4n) is 6.28. The Morgan fingerprint density at radius 2 is 1.84 bits per heavy atom. The van der Waals surface area contributed by atoms with Crippen LogP contribution in [0.4, 0.5) is 4.79 Å². The van der Waals surface area contributed by atoms with Crippen LogP contribution in [0.5, 0.6) is 11.5 Å². The summed E-state index contributed by atoms with van der Waals surface area (Å²) in [6, 6.07) is 9.10. The number of likely N-dealkylation sites (tertiary alicyclic amines) is 1. The van der Waals surface area contributed by atoms with Crippen LogP contribution in [0.3, 0.4) is 0 Å². The zero-order chi connectivity index (χ0) is 30.7. The van der Waals surface area contributed by atoms with Gasteiger partial charge in [-0.25, -0.2) is 9.59 Å². The van der Waals surface area contributed by atoms with Gasteiger partial charge in [0.05, 0.1) is 30.9 Å². The maximum absolute atomic E-state index is 13.1. The first-order valence-corrected chi connectivity index (χ1v) is 15.3. The second-order valence-corrected chi connectivity index (χ2v) is 12.6. The van der Waals surface area contributed by atoms with E-state index in [9.17, 15) is 14.7 Å². The van der Waals surface area contributed by atoms with Crippen molar-refractivity contribution in [2.24, 2.45) is 0 Å². The topological polar surface area (TPSA) is 99.5 Å². The highest BCUT2D eigenvalue weighted by atomic mass is 16.6. The van der Waals surface area contributed by atoms with E-state index in [0.717, 1.165) is 85.0 Å². The Kier molecular flexibility index (Phi) is 9.32. The molecule has 2 aliphatic heterocycles. The Morgan fingerprint density at radius 1 is 1.07 bits per heavy atom. The van der Waals surface area contributed by atoms with Gasteiger partial charge in [-0.1, -0.05) is 12.5 Å². The molecule has 3 aromatic rings. The van der Waals surface area contributed by atoms with Gasteiger partial charge >= 0.3 is 12.1 Å². The number of nitrogens with zero attached hydrogens (tertiary/aromatic N) is 2. The van der Waals surface area contributed by atoms with Crippen molar-refractivity contribution in [3.63, 3.8) is 0 Å². The van der Waals surface area contributed by atoms with E-state index < -0.39 is 17.7 Å². The number of aromatic nitrogens is 1. The zero-order valence-corrected chi connectivity index (χ0v) is 26.0. The number of carbonyl (C=O) groups excluding carboxylic acids is 1. The van der Waals surface area contributed by atoms with Gasteiger partial charge in [0.2, 0.25) is 0 Å². The fraction of sp³-hybridized carbons (Fsp3) is 0.529. The van der Waals surface area contributed by atoms with E-state index in [1.54, 1.807) is 30.0 Å². The number of carboxylic acids is 1. The van der Waals surface area contributed by atoms with Crippen molar-refractivity contribution in [2.45, 2.75) is 90.5 Å². The van der Waals surface area contributed by atoms with E-state index in [-0.39, 0.29) is 17.7 Å². The molecule has 5 rings (SSSR count). The lowest BCUT2D eigenvalue weighted by Crippen LogP contribution is -2.39. The zero-order valence-electron chi connectivity index (χ0n) is 26.0. The smallest absolute Gasteiger partial charge is 0.419 e. The Morgan fingerprint density at radius 3 is 2.56 bits per heavy atom. The lowest BCUT2D eigenvalue weighted by Gasteiger charge is -2.40. The maximum atomic E-state index is 13.1. The molecule has 9 heteroatoms. The molecule has 0 saturated carbocycles. The average molecular weight is 593 g/mol. The first kappa shape index (κ1) is 30.9. The number of fused-ring (bicyclic) bond motifs is 5. The predicted molar refractivity (Wildman–Crippen MR) is 164 cm³/mol. The van der Waals surface area contributed by atoms with Crippen molar-refractivity contribution in [3.05, 3.63) is 58.8 Å². The minimum Gasteiger partial charge on any atom is -0.496 e. The number of aromatic carboxylic acids is 1. The summed E-state index contributed by atoms with van der Waals surface area (Å²) >= 11 is 0. The van der Waals surface area contributed by atoms with Crippen molar-refractivity contribution in [1.29, 1.82) is 0 Å². The fourth-order valence-corrected chi connectivity index (χ4v) is 6.28. The Hall–Kier alpha value is -3.56. The highest BCUT2D eigenvalue weighted by Crippen LogP contribution is 2.41. The molecule has 0 aliphatic carbocycles. The molecule has 2 aliphatic rings. The van der Waals surface area contributed by atoms with Gasteiger partial charge in [-0.05, 0) is 89.6 Å². The molecule has 0 unspecified atom stereocenters. The molecule has 0 spiro atoms. The number of aryl methyl sites for hydroxylation is 1. The van der Waals surface area contributed by atoms with Crippen LogP contribution in [-0.4, -0.2) is 65.2 Å². The van der Waals surface area contributed by atoms with Gasteiger partial charge in [0, 0.05) is 48.4 Å². The van der Waals surface area contributed by atoms with Gasteiger partial charge in [0.25, 0.3) is 0 Å². The second kappa shape index (κ2) is 13.0. The van der Waals surface area contributed by atoms with Crippen molar-refractivity contribution >= 4 is 23.0 Å². The molecule has 9 nitrogen and oxygen atoms in total. The van der Waals surface area contributed by atoms with Crippen LogP contribution in [0.25, 0.3) is 10.9 Å². The third kappa shape index (κ3) is 6.99. The van der Waals surface area contributed by atoms with E-state index in [1.807, 2.05) is 45.9 Å². The number of hydrogen-bond donors (Lipinski definition) is 1. The van der Waals surface area contributed by atoms with Crippen molar-refractivity contribution < 1.29 is 33.6 Å². The number of rotatable bonds is 4. The third-order valence-electron chi connectivity index (χ3n) is 8.34. The number of carbonyl (C=O) groups is 2. The van der Waals surface area contributed by atoms with Crippen LogP contribution in [0.2, 0.25) is 0 Å². The summed E-state index contributed by atoms with van der Waals surface area (Å²) in [5, 5.41) is 10.6. The Bertz CT molecular complexity index is 1470. The summed E-state index contributed by atoms with van der Waals surface area (Å²) < 4.78 is 25.8. The largest absolute Gasteiger partial charge is 0.496 e. The van der Waals surface area contributed by atoms with Gasteiger partial charge < -0.3 is 24.1 Å². The van der Waals surface area contributed by atoms with Gasteiger partial charge in [-0.3, -0.25) is 9.47 Å². The highest BCUT2D eigenvalue weighted by Gasteiger charge is 2.34. The molecular formula is C34H44N2O7. The van der Waals surface area contributed by atoms with Crippen molar-refractivity contribution in [1.82, 2.24) is 9.47 Å². The van der Waals surface area contributed by atoms with Crippen LogP contribution in [0, 0.1) is 6.92 Å². The van der Waals surface area contributed by atoms with Crippen LogP contribution in [0.1, 0.15) is 92.4 Å². The Balaban J connectivity index is 1.56. The molecule has 3 heterocycles. The van der Waals surface area contributed by atoms with Crippen LogP contribution in [-0.2, 0) is 16.0 Å². The van der Waals surface area contributed by atoms with Crippen LogP contribution < -0.4 is 9.47 Å². The molecule has 1 aromatic heterocycles. The molecule has 43 heavy (non-hydrogen) atoms. The van der Waals surface area contributed by atoms with Crippen molar-refractivity contribution in [3.8, 4) is 11.5 Å². The number of ether oxygens (including phenoxy) is 4. The van der Waals surface area contributed by atoms with E-state index in [1.165, 1.54) is 0 Å². The lowest BCUT2D eigenvalue weighted by molar-refractivity contribution is -0.0203. The minimum absolute atomic E-state index is 0.0636. The molecule has 0 radical (unpaired) electrons. The highest BCUT2D eigenvalue weighted by molar-refractivity contribution is 5.95. The second-order valence-electron chi connectivity index (χ2n) is 12.6. The molecule has 1 saturated heterocycles. The summed E-state index contributed by atoms with van der Waals surface area (Å²) in [6.07, 6.45) is 7.15. The van der Waals surface area contributed by atoms with E-state index in [0.29, 0.717) is 18.9 Å². The van der Waals surface area contributed by atoms with Crippen molar-refractivity contribution in [2.75, 3.05) is 26.9 Å². The maximum Gasteiger partial charge on any atom is 0.419 e. The van der Waals surface area contributed by atoms with Gasteiger partial charge in [-0.15, -0.1) is 0 Å². The number of piperidine rings is 1. The monoisotopic (exact) mass is 592 g/mol. The van der Waals surface area contributed by atoms with Gasteiger partial charge in [-0.2, -0.15) is 0 Å². The first-order valence-electron chi connectivity index (χ1n) is 15.3. The van der Waals surface area contributed by atoms with Crippen LogP contribution in [0.15, 0.2) is 36.5 Å². The summed E-state index contributed by atoms with van der Waals surface area (Å²) in [5.74, 6) is 0.400. The molecule has 1 N–H and O–H groups in total. The summed E-state index contributed by atoms with van der Waals surface area (Å²) in [5.41, 5.74) is 3.26. The molecule has 2 aromatic carbocycles. The van der Waals surface area contributed by atoms with Crippen LogP contribution >= 0.6 is 0 Å². The average Bonchev–Trinajstić information content (AvgIpc) is 3.41. The number of methoxy groups -OCH3 is 1. The number of carboxylic acid groups (broad SMARTS) is 1. The van der Waals surface area contributed by atoms with E-state index in [2.05, 4.69) is 4.90 Å². The van der Waals surface area contributed by atoms with Gasteiger partial charge in [0.1, 0.15) is 17.1 Å². The van der Waals surface area contributed by atoms with E-state index >= 15 is 0 Å². The summed E-state index contributed by atoms with van der Waals surface area (Å²) in [6.45, 7) is 10.2. The summed E-state index contributed by atoms with van der Waals surface area (Å²) in [4.78, 5) is 27.4. The molecule has 2 bridgehead atoms. The first-order chi connectivity index (χ1) is 20.6. The normalized spacial score (nSPS) is 20.2. The molecule has 2 atom stereocenters. The molecule has 1 fully saturated rings. The van der Waals surface area contributed by atoms with Gasteiger partial charge in [0.15, 0.2) is 0 Å². The standard InChI is InChI=1S/C34H44N2O7/c1-22-18-29(40-5)27(25-13-15-36(31(22)25)33(39)43-34(2,3)4)21-35-14-12-24-20-28(35)26-11-10-23(32(37)38)19-30(26)42-17-9-7-6-8-16-41-24/h10-11,13,15,18-19,24,28H,6-9,12,14,16-17,20-21H2,1-5H3,(H,37,38)/t24-,28-/m0/s1. The molecule has 0 amide bonds. The summed E-state index contributed by atoms with van der Waals surface area (Å²) in [7, 11) is 1.67. The quantitative estimate of drug-likeness (QED) is 0.342.